The predicted molar refractivity (Wildman–Crippen MR) is 79.1 cm³/mol. The molecular formula is C14H23F3N4. The topological polar surface area (TPSA) is 54.2 Å². The fourth-order valence-electron chi connectivity index (χ4n) is 2.23. The summed E-state index contributed by atoms with van der Waals surface area (Å²) in [6, 6.07) is 2.54. The summed E-state index contributed by atoms with van der Waals surface area (Å²) in [5.74, 6) is 0.00619. The van der Waals surface area contributed by atoms with Gasteiger partial charge in [0.05, 0.1) is 5.56 Å². The molecule has 120 valence electrons. The molecule has 0 aliphatic heterocycles. The molecule has 0 saturated carbocycles. The van der Waals surface area contributed by atoms with Gasteiger partial charge in [-0.3, -0.25) is 4.90 Å². The van der Waals surface area contributed by atoms with Crippen molar-refractivity contribution in [1.29, 1.82) is 0 Å². The molecule has 3 N–H and O–H groups in total. The number of nitrogens with one attached hydrogen (secondary N) is 1. The number of alkyl halides is 3. The fraction of sp³-hybridized carbons (Fsp3) is 0.643. The van der Waals surface area contributed by atoms with Crippen molar-refractivity contribution in [2.45, 2.75) is 46.0 Å². The van der Waals surface area contributed by atoms with Crippen molar-refractivity contribution in [2.24, 2.45) is 0 Å². The van der Waals surface area contributed by atoms with Crippen molar-refractivity contribution in [3.8, 4) is 0 Å². The zero-order chi connectivity index (χ0) is 16.2. The first-order chi connectivity index (χ1) is 9.61. The van der Waals surface area contributed by atoms with Crippen LogP contribution < -0.4 is 11.1 Å². The Balaban J connectivity index is 2.70. The Labute approximate surface area is 123 Å². The normalized spacial score (nSPS) is 12.5. The van der Waals surface area contributed by atoms with Crippen LogP contribution in [0.25, 0.3) is 0 Å². The molecule has 0 aliphatic rings. The third kappa shape index (κ3) is 5.41. The van der Waals surface area contributed by atoms with Gasteiger partial charge in [-0.05, 0) is 39.8 Å². The van der Waals surface area contributed by atoms with Crippen molar-refractivity contribution < 1.29 is 13.2 Å². The van der Waals surface area contributed by atoms with Gasteiger partial charge in [0.1, 0.15) is 11.6 Å². The van der Waals surface area contributed by atoms with Gasteiger partial charge in [-0.2, -0.15) is 13.2 Å². The van der Waals surface area contributed by atoms with E-state index < -0.39 is 11.7 Å². The van der Waals surface area contributed by atoms with Crippen LogP contribution in [0.15, 0.2) is 12.1 Å². The van der Waals surface area contributed by atoms with Gasteiger partial charge in [0.2, 0.25) is 0 Å². The quantitative estimate of drug-likeness (QED) is 0.847. The number of nitrogens with two attached hydrogens (primary N) is 1. The maximum atomic E-state index is 12.7. The first-order valence-electron chi connectivity index (χ1n) is 6.95. The van der Waals surface area contributed by atoms with Gasteiger partial charge in [0.25, 0.3) is 0 Å². The van der Waals surface area contributed by atoms with E-state index in [4.69, 9.17) is 5.73 Å². The Morgan fingerprint density at radius 3 is 2.24 bits per heavy atom. The van der Waals surface area contributed by atoms with Gasteiger partial charge in [-0.15, -0.1) is 0 Å². The number of hydrogen-bond donors (Lipinski definition) is 2. The summed E-state index contributed by atoms with van der Waals surface area (Å²) >= 11 is 0. The van der Waals surface area contributed by atoms with Crippen LogP contribution >= 0.6 is 0 Å². The molecule has 0 aromatic carbocycles. The Morgan fingerprint density at radius 2 is 1.76 bits per heavy atom. The van der Waals surface area contributed by atoms with E-state index in [1.165, 1.54) is 0 Å². The molecular weight excluding hydrogens is 281 g/mol. The molecule has 0 fully saturated rings. The van der Waals surface area contributed by atoms with E-state index in [9.17, 15) is 13.2 Å². The van der Waals surface area contributed by atoms with Crippen LogP contribution in [0.3, 0.4) is 0 Å². The van der Waals surface area contributed by atoms with Crippen LogP contribution in [0.5, 0.6) is 0 Å². The van der Waals surface area contributed by atoms with Crippen molar-refractivity contribution in [3.63, 3.8) is 0 Å². The van der Waals surface area contributed by atoms with E-state index in [1.54, 1.807) is 0 Å². The van der Waals surface area contributed by atoms with E-state index in [1.807, 2.05) is 0 Å². The minimum absolute atomic E-state index is 0.142. The molecule has 1 rings (SSSR count). The molecule has 0 spiro atoms. The lowest BCUT2D eigenvalue weighted by atomic mass is 10.2. The SMILES string of the molecule is CC(C)N(CCNc1cc(C(F)(F)F)cc(N)n1)C(C)C. The number of rotatable bonds is 6. The van der Waals surface area contributed by atoms with Crippen LogP contribution in [-0.2, 0) is 6.18 Å². The molecule has 0 bridgehead atoms. The number of nitrogens with zero attached hydrogens (tertiary/aromatic N) is 2. The molecule has 0 atom stereocenters. The second-order valence-electron chi connectivity index (χ2n) is 5.52. The Morgan fingerprint density at radius 1 is 1.19 bits per heavy atom. The average Bonchev–Trinajstić information content (AvgIpc) is 2.31. The van der Waals surface area contributed by atoms with Gasteiger partial charge < -0.3 is 11.1 Å². The molecule has 0 unspecified atom stereocenters. The molecule has 1 heterocycles. The molecule has 21 heavy (non-hydrogen) atoms. The monoisotopic (exact) mass is 304 g/mol. The lowest BCUT2D eigenvalue weighted by Gasteiger charge is -2.30. The second kappa shape index (κ2) is 6.98. The number of halogens is 3. The summed E-state index contributed by atoms with van der Waals surface area (Å²) < 4.78 is 38.1. The van der Waals surface area contributed by atoms with Crippen LogP contribution in [0.4, 0.5) is 24.8 Å². The summed E-state index contributed by atoms with van der Waals surface area (Å²) in [6.07, 6.45) is -4.42. The van der Waals surface area contributed by atoms with Crippen molar-refractivity contribution in [1.82, 2.24) is 9.88 Å². The highest BCUT2D eigenvalue weighted by Crippen LogP contribution is 2.31. The second-order valence-corrected chi connectivity index (χ2v) is 5.52. The van der Waals surface area contributed by atoms with Gasteiger partial charge in [0.15, 0.2) is 0 Å². The molecule has 0 amide bonds. The predicted octanol–water partition coefficient (Wildman–Crippen LogP) is 3.21. The highest BCUT2D eigenvalue weighted by Gasteiger charge is 2.31. The molecule has 0 radical (unpaired) electrons. The third-order valence-corrected chi connectivity index (χ3v) is 3.18. The summed E-state index contributed by atoms with van der Waals surface area (Å²) in [5, 5.41) is 2.91. The third-order valence-electron chi connectivity index (χ3n) is 3.18. The van der Waals surface area contributed by atoms with Gasteiger partial charge in [-0.25, -0.2) is 4.98 Å². The first kappa shape index (κ1) is 17.6. The minimum atomic E-state index is -4.42. The molecule has 0 saturated heterocycles. The zero-order valence-corrected chi connectivity index (χ0v) is 12.8. The Kier molecular flexibility index (Phi) is 5.83. The van der Waals surface area contributed by atoms with Gasteiger partial charge in [-0.1, -0.05) is 0 Å². The molecule has 7 heteroatoms. The molecule has 4 nitrogen and oxygen atoms in total. The summed E-state index contributed by atoms with van der Waals surface area (Å²) in [6.45, 7) is 9.55. The number of pyridine rings is 1. The number of anilines is 2. The maximum absolute atomic E-state index is 12.7. The van der Waals surface area contributed by atoms with E-state index in [0.29, 0.717) is 25.2 Å². The summed E-state index contributed by atoms with van der Waals surface area (Å²) in [7, 11) is 0. The van der Waals surface area contributed by atoms with Crippen molar-refractivity contribution in [2.75, 3.05) is 24.1 Å². The highest BCUT2D eigenvalue weighted by atomic mass is 19.4. The molecule has 0 aliphatic carbocycles. The Bertz CT molecular complexity index is 450. The largest absolute Gasteiger partial charge is 0.416 e. The smallest absolute Gasteiger partial charge is 0.384 e. The van der Waals surface area contributed by atoms with E-state index in [-0.39, 0.29) is 11.6 Å². The molecule has 1 aromatic rings. The Hall–Kier alpha value is -1.50. The van der Waals surface area contributed by atoms with Crippen LogP contribution in [0, 0.1) is 0 Å². The minimum Gasteiger partial charge on any atom is -0.384 e. The number of aromatic nitrogens is 1. The highest BCUT2D eigenvalue weighted by molar-refractivity contribution is 5.47. The zero-order valence-electron chi connectivity index (χ0n) is 12.8. The summed E-state index contributed by atoms with van der Waals surface area (Å²) in [4.78, 5) is 6.12. The fourth-order valence-corrected chi connectivity index (χ4v) is 2.23. The van der Waals surface area contributed by atoms with Gasteiger partial charge in [0, 0.05) is 25.2 Å². The maximum Gasteiger partial charge on any atom is 0.416 e. The standard InChI is InChI=1S/C14H23F3N4/c1-9(2)21(10(3)4)6-5-19-13-8-11(14(15,16)17)7-12(18)20-13/h7-10H,5-6H2,1-4H3,(H3,18,19,20). The number of nitrogen functional groups attached to an aromatic ring is 1. The first-order valence-corrected chi connectivity index (χ1v) is 6.95. The van der Waals surface area contributed by atoms with Crippen LogP contribution in [0.1, 0.15) is 33.3 Å². The van der Waals surface area contributed by atoms with Crippen LogP contribution in [-0.4, -0.2) is 35.1 Å². The van der Waals surface area contributed by atoms with E-state index in [0.717, 1.165) is 12.1 Å². The van der Waals surface area contributed by atoms with E-state index >= 15 is 0 Å². The average molecular weight is 304 g/mol. The number of hydrogen-bond acceptors (Lipinski definition) is 4. The van der Waals surface area contributed by atoms with E-state index in [2.05, 4.69) is 42.9 Å². The van der Waals surface area contributed by atoms with Crippen LogP contribution in [0.2, 0.25) is 0 Å². The summed E-state index contributed by atoms with van der Waals surface area (Å²) in [5.41, 5.74) is 4.63. The molecule has 1 aromatic heterocycles. The van der Waals surface area contributed by atoms with Crippen molar-refractivity contribution >= 4 is 11.6 Å². The lowest BCUT2D eigenvalue weighted by Crippen LogP contribution is -2.40. The lowest BCUT2D eigenvalue weighted by molar-refractivity contribution is -0.137. The van der Waals surface area contributed by atoms with Crippen molar-refractivity contribution in [3.05, 3.63) is 17.7 Å². The van der Waals surface area contributed by atoms with Gasteiger partial charge >= 0.3 is 6.18 Å².